The highest BCUT2D eigenvalue weighted by Crippen LogP contribution is 2.12. The van der Waals surface area contributed by atoms with Gasteiger partial charge in [-0.3, -0.25) is 14.6 Å². The molecular weight excluding hydrogens is 370 g/mol. The first-order valence-electron chi connectivity index (χ1n) is 8.45. The largest absolute Gasteiger partial charge is 0.494 e. The van der Waals surface area contributed by atoms with Crippen LogP contribution in [-0.2, 0) is 4.79 Å². The summed E-state index contributed by atoms with van der Waals surface area (Å²) in [5.74, 6) is 0.325. The first kappa shape index (κ1) is 20.4. The molecule has 0 saturated carbocycles. The summed E-state index contributed by atoms with van der Waals surface area (Å²) < 4.78 is 5.62. The van der Waals surface area contributed by atoms with Crippen LogP contribution in [0.1, 0.15) is 31.7 Å². The molecular formula is C17H21N5O4S. The van der Waals surface area contributed by atoms with Gasteiger partial charge in [-0.1, -0.05) is 31.5 Å². The molecule has 1 amide bonds. The number of benzene rings is 1. The van der Waals surface area contributed by atoms with Crippen LogP contribution >= 0.6 is 11.8 Å². The lowest BCUT2D eigenvalue weighted by Crippen LogP contribution is -2.26. The number of H-pyrrole nitrogens is 2. The number of nitrogens with zero attached hydrogens (tertiary/aromatic N) is 2. The first-order valence-corrected chi connectivity index (χ1v) is 9.43. The summed E-state index contributed by atoms with van der Waals surface area (Å²) in [5, 5.41) is 9.53. The van der Waals surface area contributed by atoms with Gasteiger partial charge in [0.1, 0.15) is 5.75 Å². The van der Waals surface area contributed by atoms with Crippen LogP contribution in [0.2, 0.25) is 0 Å². The molecule has 0 unspecified atom stereocenters. The van der Waals surface area contributed by atoms with Gasteiger partial charge in [0, 0.05) is 0 Å². The molecule has 0 fully saturated rings. The van der Waals surface area contributed by atoms with Crippen molar-refractivity contribution in [1.29, 1.82) is 0 Å². The third-order valence-electron chi connectivity index (χ3n) is 3.32. The molecule has 0 saturated heterocycles. The maximum absolute atomic E-state index is 11.7. The number of hydrazone groups is 1. The van der Waals surface area contributed by atoms with Gasteiger partial charge in [-0.2, -0.15) is 10.2 Å². The summed E-state index contributed by atoms with van der Waals surface area (Å²) in [6.07, 6.45) is 4.84. The van der Waals surface area contributed by atoms with E-state index in [1.54, 1.807) is 0 Å². The number of ether oxygens (including phenoxy) is 1. The molecule has 3 N–H and O–H groups in total. The van der Waals surface area contributed by atoms with E-state index in [9.17, 15) is 14.4 Å². The average molecular weight is 391 g/mol. The minimum absolute atomic E-state index is 0.00301. The van der Waals surface area contributed by atoms with E-state index in [1.165, 1.54) is 6.21 Å². The molecule has 2 aromatic rings. The third-order valence-corrected chi connectivity index (χ3v) is 4.28. The monoisotopic (exact) mass is 391 g/mol. The molecule has 0 aliphatic rings. The number of hydrogen-bond acceptors (Lipinski definition) is 7. The second kappa shape index (κ2) is 11.0. The number of hydrogen-bond donors (Lipinski definition) is 3. The Labute approximate surface area is 159 Å². The average Bonchev–Trinajstić information content (AvgIpc) is 2.66. The SMILES string of the molecule is CCCCCOc1ccc(/C=N/NC(=O)CSc2n[nH]c(=O)[nH]c2=O)cc1. The fourth-order valence-electron chi connectivity index (χ4n) is 1.97. The van der Waals surface area contributed by atoms with Crippen LogP contribution in [0.25, 0.3) is 0 Å². The van der Waals surface area contributed by atoms with E-state index in [2.05, 4.69) is 27.6 Å². The van der Waals surface area contributed by atoms with E-state index in [0.717, 1.165) is 42.3 Å². The van der Waals surface area contributed by atoms with Crippen molar-refractivity contribution in [3.8, 4) is 5.75 Å². The first-order chi connectivity index (χ1) is 13.1. The summed E-state index contributed by atoms with van der Waals surface area (Å²) in [7, 11) is 0. The van der Waals surface area contributed by atoms with Crippen LogP contribution in [-0.4, -0.2) is 39.7 Å². The minimum Gasteiger partial charge on any atom is -0.494 e. The highest BCUT2D eigenvalue weighted by molar-refractivity contribution is 7.99. The highest BCUT2D eigenvalue weighted by atomic mass is 32.2. The molecule has 0 atom stereocenters. The number of carbonyl (C=O) groups is 1. The molecule has 0 radical (unpaired) electrons. The van der Waals surface area contributed by atoms with Gasteiger partial charge in [0.15, 0.2) is 5.03 Å². The van der Waals surface area contributed by atoms with E-state index >= 15 is 0 Å². The predicted molar refractivity (Wildman–Crippen MR) is 103 cm³/mol. The van der Waals surface area contributed by atoms with Gasteiger partial charge >= 0.3 is 5.69 Å². The lowest BCUT2D eigenvalue weighted by molar-refractivity contribution is -0.118. The van der Waals surface area contributed by atoms with Gasteiger partial charge in [0.25, 0.3) is 5.56 Å². The molecule has 0 bridgehead atoms. The molecule has 1 aromatic carbocycles. The number of unbranched alkanes of at least 4 members (excludes halogenated alkanes) is 2. The van der Waals surface area contributed by atoms with Crippen LogP contribution in [0.5, 0.6) is 5.75 Å². The van der Waals surface area contributed by atoms with Crippen molar-refractivity contribution in [1.82, 2.24) is 20.6 Å². The number of amides is 1. The highest BCUT2D eigenvalue weighted by Gasteiger charge is 2.07. The van der Waals surface area contributed by atoms with Gasteiger partial charge in [-0.05, 0) is 36.2 Å². The molecule has 144 valence electrons. The summed E-state index contributed by atoms with van der Waals surface area (Å²) in [6, 6.07) is 7.37. The number of aromatic amines is 2. The van der Waals surface area contributed by atoms with Crippen molar-refractivity contribution in [3.63, 3.8) is 0 Å². The molecule has 0 aliphatic heterocycles. The van der Waals surface area contributed by atoms with Gasteiger partial charge in [-0.15, -0.1) is 0 Å². The second-order valence-electron chi connectivity index (χ2n) is 5.52. The van der Waals surface area contributed by atoms with Crippen LogP contribution < -0.4 is 21.4 Å². The second-order valence-corrected chi connectivity index (χ2v) is 6.48. The van der Waals surface area contributed by atoms with Crippen molar-refractivity contribution < 1.29 is 9.53 Å². The van der Waals surface area contributed by atoms with Crippen LogP contribution in [0.4, 0.5) is 0 Å². The van der Waals surface area contributed by atoms with E-state index in [4.69, 9.17) is 4.74 Å². The maximum atomic E-state index is 11.7. The lowest BCUT2D eigenvalue weighted by Gasteiger charge is -2.05. The Hall–Kier alpha value is -2.88. The number of thioether (sulfide) groups is 1. The summed E-state index contributed by atoms with van der Waals surface area (Å²) >= 11 is 0.896. The minimum atomic E-state index is -0.698. The summed E-state index contributed by atoms with van der Waals surface area (Å²) in [4.78, 5) is 36.1. The van der Waals surface area contributed by atoms with Gasteiger partial charge in [0.05, 0.1) is 18.6 Å². The molecule has 0 aliphatic carbocycles. The van der Waals surface area contributed by atoms with Crippen LogP contribution in [0.15, 0.2) is 44.0 Å². The van der Waals surface area contributed by atoms with Gasteiger partial charge in [0.2, 0.25) is 5.91 Å². The molecule has 10 heteroatoms. The standard InChI is InChI=1S/C17H21N5O4S/c1-2-3-4-9-26-13-7-5-12(6-8-13)10-18-20-14(23)11-27-16-15(24)19-17(25)22-21-16/h5-8,10H,2-4,9,11H2,1H3,(H,20,23)(H2,19,22,24,25)/b18-10+. The van der Waals surface area contributed by atoms with Crippen molar-refractivity contribution in [3.05, 3.63) is 50.7 Å². The van der Waals surface area contributed by atoms with Crippen molar-refractivity contribution >= 4 is 23.9 Å². The van der Waals surface area contributed by atoms with Crippen molar-refractivity contribution in [2.75, 3.05) is 12.4 Å². The molecule has 1 aromatic heterocycles. The molecule has 2 rings (SSSR count). The van der Waals surface area contributed by atoms with Crippen molar-refractivity contribution in [2.24, 2.45) is 5.10 Å². The van der Waals surface area contributed by atoms with E-state index in [-0.39, 0.29) is 10.8 Å². The zero-order valence-corrected chi connectivity index (χ0v) is 15.7. The topological polar surface area (TPSA) is 129 Å². The fourth-order valence-corrected chi connectivity index (χ4v) is 2.60. The lowest BCUT2D eigenvalue weighted by atomic mass is 10.2. The Bertz CT molecular complexity index is 876. The predicted octanol–water partition coefficient (Wildman–Crippen LogP) is 1.27. The smallest absolute Gasteiger partial charge is 0.342 e. The Morgan fingerprint density at radius 1 is 1.30 bits per heavy atom. The maximum Gasteiger partial charge on any atom is 0.342 e. The zero-order chi connectivity index (χ0) is 19.5. The fraction of sp³-hybridized carbons (Fsp3) is 0.353. The van der Waals surface area contributed by atoms with E-state index in [1.807, 2.05) is 29.2 Å². The number of nitrogens with one attached hydrogen (secondary N) is 3. The zero-order valence-electron chi connectivity index (χ0n) is 14.9. The number of carbonyl (C=O) groups excluding carboxylic acids is 1. The Morgan fingerprint density at radius 2 is 2.07 bits per heavy atom. The normalized spacial score (nSPS) is 10.9. The molecule has 0 spiro atoms. The van der Waals surface area contributed by atoms with E-state index in [0.29, 0.717) is 6.61 Å². The Morgan fingerprint density at radius 3 is 2.78 bits per heavy atom. The van der Waals surface area contributed by atoms with Gasteiger partial charge in [-0.25, -0.2) is 15.3 Å². The van der Waals surface area contributed by atoms with Crippen LogP contribution in [0, 0.1) is 0 Å². The quantitative estimate of drug-likeness (QED) is 0.242. The molecule has 27 heavy (non-hydrogen) atoms. The van der Waals surface area contributed by atoms with E-state index < -0.39 is 17.2 Å². The Kier molecular flexibility index (Phi) is 8.30. The summed E-state index contributed by atoms with van der Waals surface area (Å²) in [5.41, 5.74) is 1.83. The van der Waals surface area contributed by atoms with Crippen molar-refractivity contribution in [2.45, 2.75) is 31.2 Å². The Balaban J connectivity index is 1.74. The van der Waals surface area contributed by atoms with Gasteiger partial charge < -0.3 is 4.74 Å². The third kappa shape index (κ3) is 7.48. The number of aromatic nitrogens is 3. The number of rotatable bonds is 10. The molecule has 1 heterocycles. The summed E-state index contributed by atoms with van der Waals surface area (Å²) in [6.45, 7) is 2.84. The van der Waals surface area contributed by atoms with Crippen LogP contribution in [0.3, 0.4) is 0 Å². The molecule has 9 nitrogen and oxygen atoms in total.